The molecule has 1 amide bonds. The van der Waals surface area contributed by atoms with Gasteiger partial charge in [-0.25, -0.2) is 4.79 Å². The van der Waals surface area contributed by atoms with Gasteiger partial charge in [0.15, 0.2) is 5.72 Å². The van der Waals surface area contributed by atoms with Gasteiger partial charge in [-0.15, -0.1) is 0 Å². The van der Waals surface area contributed by atoms with Gasteiger partial charge in [-0.05, 0) is 13.8 Å². The highest BCUT2D eigenvalue weighted by molar-refractivity contribution is 6.34. The monoisotopic (exact) mass is 143 g/mol. The molecule has 0 aromatic heterocycles. The van der Waals surface area contributed by atoms with Crippen LogP contribution in [-0.2, 0) is 14.3 Å². The van der Waals surface area contributed by atoms with Crippen molar-refractivity contribution < 1.29 is 14.3 Å². The first-order valence-electron chi connectivity index (χ1n) is 2.96. The highest BCUT2D eigenvalue weighted by atomic mass is 16.6. The number of amides is 1. The zero-order chi connectivity index (χ0) is 7.94. The Morgan fingerprint density at radius 1 is 1.40 bits per heavy atom. The largest absolute Gasteiger partial charge is 0.432 e. The minimum Gasteiger partial charge on any atom is -0.432 e. The molecule has 1 fully saturated rings. The average molecular weight is 143 g/mol. The molecule has 56 valence electrons. The molecule has 0 radical (unpaired) electrons. The fourth-order valence-corrected chi connectivity index (χ4v) is 0.720. The maximum absolute atomic E-state index is 10.8. The molecule has 0 spiro atoms. The molecule has 0 bridgehead atoms. The molecule has 1 heterocycles. The zero-order valence-electron chi connectivity index (χ0n) is 6.17. The summed E-state index contributed by atoms with van der Waals surface area (Å²) in [6, 6.07) is 0. The fraction of sp³-hybridized carbons (Fsp3) is 0.667. The van der Waals surface area contributed by atoms with Crippen molar-refractivity contribution in [3.8, 4) is 0 Å². The first kappa shape index (κ1) is 7.05. The molecule has 0 unspecified atom stereocenters. The molecule has 0 aliphatic carbocycles. The molecule has 1 rings (SSSR count). The van der Waals surface area contributed by atoms with Crippen LogP contribution in [-0.4, -0.2) is 29.5 Å². The molecular formula is C6H9NO3. The molecule has 1 aliphatic heterocycles. The Bertz CT molecular complexity index is 197. The third-order valence-electron chi connectivity index (χ3n) is 1.63. The van der Waals surface area contributed by atoms with Gasteiger partial charge in [0.25, 0.3) is 0 Å². The molecular weight excluding hydrogens is 134 g/mol. The van der Waals surface area contributed by atoms with E-state index in [1.807, 2.05) is 0 Å². The lowest BCUT2D eigenvalue weighted by Gasteiger charge is -2.23. The van der Waals surface area contributed by atoms with Crippen LogP contribution in [0, 0.1) is 0 Å². The maximum atomic E-state index is 10.8. The number of esters is 1. The normalized spacial score (nSPS) is 23.3. The van der Waals surface area contributed by atoms with Crippen molar-refractivity contribution in [3.63, 3.8) is 0 Å². The molecule has 0 N–H and O–H groups in total. The lowest BCUT2D eigenvalue weighted by molar-refractivity contribution is -0.152. The Kier molecular flexibility index (Phi) is 1.21. The third kappa shape index (κ3) is 0.761. The number of ether oxygens (including phenoxy) is 1. The van der Waals surface area contributed by atoms with Crippen molar-refractivity contribution in [2.24, 2.45) is 0 Å². The van der Waals surface area contributed by atoms with Crippen LogP contribution in [0.15, 0.2) is 0 Å². The van der Waals surface area contributed by atoms with Crippen LogP contribution in [0.2, 0.25) is 0 Å². The highest BCUT2D eigenvalue weighted by Crippen LogP contribution is 2.21. The summed E-state index contributed by atoms with van der Waals surface area (Å²) >= 11 is 0. The van der Waals surface area contributed by atoms with Gasteiger partial charge in [0.05, 0.1) is 0 Å². The van der Waals surface area contributed by atoms with Crippen molar-refractivity contribution in [2.45, 2.75) is 19.6 Å². The molecule has 1 aliphatic rings. The first-order chi connectivity index (χ1) is 4.45. The quantitative estimate of drug-likeness (QED) is 0.346. The number of hydrogen-bond donors (Lipinski definition) is 0. The Hall–Kier alpha value is -1.06. The van der Waals surface area contributed by atoms with E-state index in [1.54, 1.807) is 13.8 Å². The summed E-state index contributed by atoms with van der Waals surface area (Å²) in [7, 11) is 1.53. The number of cyclic esters (lactones) is 1. The molecule has 0 saturated carbocycles. The second kappa shape index (κ2) is 1.71. The Balaban J connectivity index is 2.92. The van der Waals surface area contributed by atoms with Gasteiger partial charge < -0.3 is 4.74 Å². The van der Waals surface area contributed by atoms with Crippen molar-refractivity contribution >= 4 is 11.9 Å². The molecule has 1 saturated heterocycles. The summed E-state index contributed by atoms with van der Waals surface area (Å²) < 4.78 is 4.71. The topological polar surface area (TPSA) is 46.6 Å². The van der Waals surface area contributed by atoms with Crippen LogP contribution in [0.1, 0.15) is 13.8 Å². The maximum Gasteiger partial charge on any atom is 0.399 e. The van der Waals surface area contributed by atoms with E-state index in [-0.39, 0.29) is 0 Å². The van der Waals surface area contributed by atoms with E-state index >= 15 is 0 Å². The van der Waals surface area contributed by atoms with Gasteiger partial charge in [0.2, 0.25) is 0 Å². The second-order valence-electron chi connectivity index (χ2n) is 2.70. The highest BCUT2D eigenvalue weighted by Gasteiger charge is 2.43. The van der Waals surface area contributed by atoms with E-state index in [0.29, 0.717) is 0 Å². The zero-order valence-corrected chi connectivity index (χ0v) is 6.17. The smallest absolute Gasteiger partial charge is 0.399 e. The van der Waals surface area contributed by atoms with Crippen molar-refractivity contribution in [1.82, 2.24) is 4.90 Å². The number of carbonyl (C=O) groups is 2. The van der Waals surface area contributed by atoms with E-state index < -0.39 is 17.6 Å². The molecule has 0 aromatic carbocycles. The van der Waals surface area contributed by atoms with Gasteiger partial charge in [-0.3, -0.25) is 9.69 Å². The summed E-state index contributed by atoms with van der Waals surface area (Å²) in [5, 5.41) is 0. The summed E-state index contributed by atoms with van der Waals surface area (Å²) in [5.41, 5.74) is -0.770. The molecule has 4 heteroatoms. The van der Waals surface area contributed by atoms with Crippen LogP contribution in [0.5, 0.6) is 0 Å². The fourth-order valence-electron chi connectivity index (χ4n) is 0.720. The summed E-state index contributed by atoms with van der Waals surface area (Å²) in [4.78, 5) is 22.6. The van der Waals surface area contributed by atoms with Crippen molar-refractivity contribution in [3.05, 3.63) is 0 Å². The predicted molar refractivity (Wildman–Crippen MR) is 32.9 cm³/mol. The summed E-state index contributed by atoms with van der Waals surface area (Å²) in [5.74, 6) is -1.35. The first-order valence-corrected chi connectivity index (χ1v) is 2.96. The minimum absolute atomic E-state index is 0.579. The van der Waals surface area contributed by atoms with Gasteiger partial charge in [-0.1, -0.05) is 0 Å². The van der Waals surface area contributed by atoms with Gasteiger partial charge in [-0.2, -0.15) is 0 Å². The van der Waals surface area contributed by atoms with Crippen LogP contribution in [0.4, 0.5) is 0 Å². The molecule has 0 atom stereocenters. The van der Waals surface area contributed by atoms with Crippen molar-refractivity contribution in [1.29, 1.82) is 0 Å². The molecule has 0 aromatic rings. The predicted octanol–water partition coefficient (Wildman–Crippen LogP) is -0.262. The lowest BCUT2D eigenvalue weighted by Crippen LogP contribution is -2.38. The SMILES string of the molecule is CN1C(=O)C(=O)OC1(C)C. The van der Waals surface area contributed by atoms with Gasteiger partial charge in [0.1, 0.15) is 0 Å². The molecule has 10 heavy (non-hydrogen) atoms. The van der Waals surface area contributed by atoms with Crippen LogP contribution in [0.3, 0.4) is 0 Å². The number of carbonyl (C=O) groups excluding carboxylic acids is 2. The Morgan fingerprint density at radius 3 is 2.00 bits per heavy atom. The van der Waals surface area contributed by atoms with Crippen LogP contribution >= 0.6 is 0 Å². The van der Waals surface area contributed by atoms with E-state index in [0.717, 1.165) is 0 Å². The number of hydrogen-bond acceptors (Lipinski definition) is 3. The van der Waals surface area contributed by atoms with E-state index in [1.165, 1.54) is 11.9 Å². The van der Waals surface area contributed by atoms with Crippen molar-refractivity contribution in [2.75, 3.05) is 7.05 Å². The summed E-state index contributed by atoms with van der Waals surface area (Å²) in [6.45, 7) is 3.32. The standard InChI is InChI=1S/C6H9NO3/c1-6(2)7(3)4(8)5(9)10-6/h1-3H3. The summed E-state index contributed by atoms with van der Waals surface area (Å²) in [6.07, 6.45) is 0. The average Bonchev–Trinajstić information content (AvgIpc) is 1.95. The van der Waals surface area contributed by atoms with E-state index in [4.69, 9.17) is 4.74 Å². The lowest BCUT2D eigenvalue weighted by atomic mass is 10.3. The second-order valence-corrected chi connectivity index (χ2v) is 2.70. The Labute approximate surface area is 58.8 Å². The van der Waals surface area contributed by atoms with Crippen LogP contribution in [0.25, 0.3) is 0 Å². The Morgan fingerprint density at radius 2 is 1.90 bits per heavy atom. The minimum atomic E-state index is -0.771. The molecule has 4 nitrogen and oxygen atoms in total. The van der Waals surface area contributed by atoms with Gasteiger partial charge >= 0.3 is 11.9 Å². The number of rotatable bonds is 0. The number of likely N-dealkylation sites (N-methyl/N-ethyl adjacent to an activating group) is 1. The third-order valence-corrected chi connectivity index (χ3v) is 1.63. The van der Waals surface area contributed by atoms with Crippen LogP contribution < -0.4 is 0 Å². The van der Waals surface area contributed by atoms with E-state index in [9.17, 15) is 9.59 Å². The van der Waals surface area contributed by atoms with Gasteiger partial charge in [0, 0.05) is 7.05 Å². The number of nitrogens with zero attached hydrogens (tertiary/aromatic N) is 1. The van der Waals surface area contributed by atoms with E-state index in [2.05, 4.69) is 0 Å².